The van der Waals surface area contributed by atoms with Crippen LogP contribution >= 0.6 is 0 Å². The van der Waals surface area contributed by atoms with Gasteiger partial charge in [0.25, 0.3) is 0 Å². The third-order valence-electron chi connectivity index (χ3n) is 4.47. The van der Waals surface area contributed by atoms with E-state index in [1.165, 1.54) is 23.3 Å². The zero-order valence-electron chi connectivity index (χ0n) is 13.2. The summed E-state index contributed by atoms with van der Waals surface area (Å²) in [6.07, 6.45) is -0.871. The van der Waals surface area contributed by atoms with E-state index in [0.717, 1.165) is 0 Å². The van der Waals surface area contributed by atoms with Crippen LogP contribution in [0.1, 0.15) is 12.5 Å². The predicted octanol–water partition coefficient (Wildman–Crippen LogP) is 0.883. The highest BCUT2D eigenvalue weighted by molar-refractivity contribution is 5.85. The fourth-order valence-corrected chi connectivity index (χ4v) is 3.21. The molecular formula is C18H22N2O3. The van der Waals surface area contributed by atoms with Crippen LogP contribution in [0, 0.1) is 0 Å². The average molecular weight is 314 g/mol. The second-order valence-corrected chi connectivity index (χ2v) is 6.34. The fourth-order valence-electron chi connectivity index (χ4n) is 3.21. The van der Waals surface area contributed by atoms with Crippen LogP contribution < -0.4 is 5.32 Å². The van der Waals surface area contributed by atoms with Gasteiger partial charge < -0.3 is 15.5 Å². The molecule has 0 radical (unpaired) electrons. The van der Waals surface area contributed by atoms with Crippen molar-refractivity contribution >= 4 is 16.7 Å². The van der Waals surface area contributed by atoms with E-state index in [4.69, 9.17) is 0 Å². The first-order chi connectivity index (χ1) is 11.0. The normalized spacial score (nSPS) is 24.9. The number of aliphatic hydroxyl groups is 2. The number of aliphatic hydroxyl groups excluding tert-OH is 1. The van der Waals surface area contributed by atoms with Crippen molar-refractivity contribution in [2.75, 3.05) is 19.6 Å². The molecular weight excluding hydrogens is 292 g/mol. The number of nitrogens with zero attached hydrogens (tertiary/aromatic N) is 1. The standard InChI is InChI=1S/C18H22N2O3/c1-13(21)19-11-18(23)12-20(10-17(18)22)9-15-7-4-6-14-5-2-3-8-16(14)15/h2-8,17,22-23H,9-12H2,1H3,(H,19,21)/t17-,18+/m1/s1. The van der Waals surface area contributed by atoms with Gasteiger partial charge in [-0.15, -0.1) is 0 Å². The van der Waals surface area contributed by atoms with Gasteiger partial charge >= 0.3 is 0 Å². The third kappa shape index (κ3) is 3.37. The predicted molar refractivity (Wildman–Crippen MR) is 88.9 cm³/mol. The highest BCUT2D eigenvalue weighted by atomic mass is 16.3. The van der Waals surface area contributed by atoms with Gasteiger partial charge in [0, 0.05) is 26.6 Å². The average Bonchev–Trinajstić information content (AvgIpc) is 2.80. The number of likely N-dealkylation sites (tertiary alicyclic amines) is 1. The van der Waals surface area contributed by atoms with Gasteiger partial charge in [0.15, 0.2) is 0 Å². The van der Waals surface area contributed by atoms with Gasteiger partial charge in [0.2, 0.25) is 5.91 Å². The lowest BCUT2D eigenvalue weighted by Gasteiger charge is -2.26. The summed E-state index contributed by atoms with van der Waals surface area (Å²) in [5.74, 6) is -0.210. The Labute approximate surface area is 135 Å². The van der Waals surface area contributed by atoms with Gasteiger partial charge in [-0.1, -0.05) is 42.5 Å². The maximum Gasteiger partial charge on any atom is 0.216 e. The van der Waals surface area contributed by atoms with Crippen molar-refractivity contribution in [3.05, 3.63) is 48.0 Å². The van der Waals surface area contributed by atoms with Gasteiger partial charge in [0.05, 0.1) is 12.6 Å². The van der Waals surface area contributed by atoms with E-state index in [0.29, 0.717) is 19.6 Å². The van der Waals surface area contributed by atoms with E-state index in [1.807, 2.05) is 23.1 Å². The molecule has 23 heavy (non-hydrogen) atoms. The molecule has 2 atom stereocenters. The first kappa shape index (κ1) is 15.9. The molecule has 122 valence electrons. The van der Waals surface area contributed by atoms with Gasteiger partial charge in [-0.3, -0.25) is 9.69 Å². The van der Waals surface area contributed by atoms with Crippen LogP contribution in [0.5, 0.6) is 0 Å². The van der Waals surface area contributed by atoms with Gasteiger partial charge in [0.1, 0.15) is 5.60 Å². The van der Waals surface area contributed by atoms with Crippen LogP contribution in [0.25, 0.3) is 10.8 Å². The van der Waals surface area contributed by atoms with E-state index in [9.17, 15) is 15.0 Å². The smallest absolute Gasteiger partial charge is 0.216 e. The Morgan fingerprint density at radius 1 is 1.30 bits per heavy atom. The highest BCUT2D eigenvalue weighted by Crippen LogP contribution is 2.26. The van der Waals surface area contributed by atoms with Gasteiger partial charge in [-0.05, 0) is 16.3 Å². The molecule has 3 rings (SSSR count). The Morgan fingerprint density at radius 3 is 2.83 bits per heavy atom. The molecule has 3 N–H and O–H groups in total. The number of rotatable bonds is 4. The first-order valence-corrected chi connectivity index (χ1v) is 7.82. The molecule has 2 aromatic carbocycles. The summed E-state index contributed by atoms with van der Waals surface area (Å²) in [6, 6.07) is 14.3. The molecule has 1 aliphatic heterocycles. The van der Waals surface area contributed by atoms with Crippen molar-refractivity contribution in [2.24, 2.45) is 0 Å². The van der Waals surface area contributed by atoms with Crippen molar-refractivity contribution in [1.29, 1.82) is 0 Å². The van der Waals surface area contributed by atoms with E-state index in [2.05, 4.69) is 29.6 Å². The number of hydrogen-bond acceptors (Lipinski definition) is 4. The molecule has 5 heteroatoms. The lowest BCUT2D eigenvalue weighted by molar-refractivity contribution is -0.121. The summed E-state index contributed by atoms with van der Waals surface area (Å²) in [5, 5.41) is 25.7. The van der Waals surface area contributed by atoms with E-state index in [-0.39, 0.29) is 12.5 Å². The molecule has 0 aliphatic carbocycles. The van der Waals surface area contributed by atoms with E-state index >= 15 is 0 Å². The van der Waals surface area contributed by atoms with Gasteiger partial charge in [-0.25, -0.2) is 0 Å². The minimum atomic E-state index is -1.30. The lowest BCUT2D eigenvalue weighted by Crippen LogP contribution is -2.50. The molecule has 2 aromatic rings. The van der Waals surface area contributed by atoms with Crippen molar-refractivity contribution in [2.45, 2.75) is 25.2 Å². The Bertz CT molecular complexity index is 713. The van der Waals surface area contributed by atoms with Crippen molar-refractivity contribution in [1.82, 2.24) is 10.2 Å². The summed E-state index contributed by atoms with van der Waals surface area (Å²) in [5.41, 5.74) is -0.130. The molecule has 1 fully saturated rings. The fraction of sp³-hybridized carbons (Fsp3) is 0.389. The molecule has 1 heterocycles. The molecule has 1 amide bonds. The summed E-state index contributed by atoms with van der Waals surface area (Å²) in [6.45, 7) is 2.84. The van der Waals surface area contributed by atoms with Crippen LogP contribution in [-0.4, -0.2) is 52.4 Å². The monoisotopic (exact) mass is 314 g/mol. The molecule has 1 saturated heterocycles. The van der Waals surface area contributed by atoms with Crippen molar-refractivity contribution < 1.29 is 15.0 Å². The van der Waals surface area contributed by atoms with Crippen LogP contribution in [-0.2, 0) is 11.3 Å². The largest absolute Gasteiger partial charge is 0.389 e. The summed E-state index contributed by atoms with van der Waals surface area (Å²) < 4.78 is 0. The highest BCUT2D eigenvalue weighted by Gasteiger charge is 2.44. The molecule has 5 nitrogen and oxygen atoms in total. The second kappa shape index (κ2) is 6.28. The number of benzene rings is 2. The van der Waals surface area contributed by atoms with Crippen molar-refractivity contribution in [3.8, 4) is 0 Å². The van der Waals surface area contributed by atoms with Crippen LogP contribution in [0.3, 0.4) is 0 Å². The SMILES string of the molecule is CC(=O)NC[C@]1(O)CN(Cc2cccc3ccccc23)C[C@H]1O. The molecule has 0 saturated carbocycles. The Hall–Kier alpha value is -1.95. The minimum absolute atomic E-state index is 0.0650. The van der Waals surface area contributed by atoms with E-state index < -0.39 is 11.7 Å². The minimum Gasteiger partial charge on any atom is -0.389 e. The van der Waals surface area contributed by atoms with Crippen molar-refractivity contribution in [3.63, 3.8) is 0 Å². The molecule has 0 unspecified atom stereocenters. The Morgan fingerprint density at radius 2 is 2.04 bits per heavy atom. The Kier molecular flexibility index (Phi) is 4.35. The van der Waals surface area contributed by atoms with E-state index in [1.54, 1.807) is 0 Å². The lowest BCUT2D eigenvalue weighted by atomic mass is 10.0. The number of hydrogen-bond donors (Lipinski definition) is 3. The number of fused-ring (bicyclic) bond motifs is 1. The zero-order valence-corrected chi connectivity index (χ0v) is 13.2. The maximum atomic E-state index is 11.1. The van der Waals surface area contributed by atoms with Gasteiger partial charge in [-0.2, -0.15) is 0 Å². The number of carbonyl (C=O) groups excluding carboxylic acids is 1. The summed E-state index contributed by atoms with van der Waals surface area (Å²) in [4.78, 5) is 13.1. The van der Waals surface area contributed by atoms with Crippen LogP contribution in [0.2, 0.25) is 0 Å². The van der Waals surface area contributed by atoms with Crippen LogP contribution in [0.15, 0.2) is 42.5 Å². The first-order valence-electron chi connectivity index (χ1n) is 7.82. The number of carbonyl (C=O) groups is 1. The molecule has 0 aromatic heterocycles. The number of nitrogens with one attached hydrogen (secondary N) is 1. The number of amides is 1. The van der Waals surface area contributed by atoms with Crippen LogP contribution in [0.4, 0.5) is 0 Å². The third-order valence-corrected chi connectivity index (χ3v) is 4.47. The maximum absolute atomic E-state index is 11.1. The zero-order chi connectivity index (χ0) is 16.4. The quantitative estimate of drug-likeness (QED) is 0.783. The topological polar surface area (TPSA) is 72.8 Å². The Balaban J connectivity index is 1.75. The number of β-amino-alcohol motifs (C(OH)–C–C–N with tert-alkyl or cyclic N) is 2. The molecule has 0 spiro atoms. The second-order valence-electron chi connectivity index (χ2n) is 6.34. The summed E-state index contributed by atoms with van der Waals surface area (Å²) >= 11 is 0. The summed E-state index contributed by atoms with van der Waals surface area (Å²) in [7, 11) is 0. The molecule has 1 aliphatic rings. The molecule has 0 bridgehead atoms.